The molecule has 4 heteroatoms. The van der Waals surface area contributed by atoms with Crippen LogP contribution in [0.3, 0.4) is 0 Å². The number of hydrogen-bond acceptors (Lipinski definition) is 3. The van der Waals surface area contributed by atoms with Crippen LogP contribution in [-0.4, -0.2) is 22.6 Å². The summed E-state index contributed by atoms with van der Waals surface area (Å²) in [6.07, 6.45) is 6.49. The maximum atomic E-state index is 4.37. The first-order valence-electron chi connectivity index (χ1n) is 6.61. The number of hydrogen-bond donors (Lipinski definition) is 1. The third kappa shape index (κ3) is 2.22. The van der Waals surface area contributed by atoms with Gasteiger partial charge in [0.1, 0.15) is 0 Å². The summed E-state index contributed by atoms with van der Waals surface area (Å²) in [5.74, 6) is 0.662. The fourth-order valence-corrected chi connectivity index (χ4v) is 3.49. The Balaban J connectivity index is 1.86. The Labute approximate surface area is 112 Å². The molecule has 0 bridgehead atoms. The van der Waals surface area contributed by atoms with Gasteiger partial charge < -0.3 is 9.88 Å². The van der Waals surface area contributed by atoms with E-state index in [1.165, 1.54) is 24.1 Å². The van der Waals surface area contributed by atoms with Gasteiger partial charge in [0, 0.05) is 17.8 Å². The van der Waals surface area contributed by atoms with Crippen LogP contribution in [0, 0.1) is 0 Å². The van der Waals surface area contributed by atoms with Crippen LogP contribution in [0.1, 0.15) is 43.0 Å². The number of thiophene rings is 1. The van der Waals surface area contributed by atoms with Gasteiger partial charge in [0.2, 0.25) is 0 Å². The molecule has 3 nitrogen and oxygen atoms in total. The molecule has 0 aliphatic carbocycles. The Morgan fingerprint density at radius 3 is 3.00 bits per heavy atom. The molecule has 1 unspecified atom stereocenters. The van der Waals surface area contributed by atoms with Gasteiger partial charge in [-0.15, -0.1) is 0 Å². The standard InChI is InChI=1S/C14H19N3S/c1-11(13-4-7-18-9-13)17-10-16-8-14(17)12-2-5-15-6-3-12/h4,7-12,15H,2-3,5-6H2,1H3. The van der Waals surface area contributed by atoms with Crippen molar-refractivity contribution in [3.05, 3.63) is 40.6 Å². The molecule has 2 aromatic heterocycles. The molecule has 1 aliphatic rings. The minimum atomic E-state index is 0.392. The van der Waals surface area contributed by atoms with E-state index in [9.17, 15) is 0 Å². The van der Waals surface area contributed by atoms with E-state index in [4.69, 9.17) is 0 Å². The summed E-state index contributed by atoms with van der Waals surface area (Å²) in [6, 6.07) is 2.60. The van der Waals surface area contributed by atoms with Gasteiger partial charge in [-0.05, 0) is 55.2 Å². The first kappa shape index (κ1) is 11.9. The van der Waals surface area contributed by atoms with Gasteiger partial charge in [-0.2, -0.15) is 11.3 Å². The second-order valence-electron chi connectivity index (χ2n) is 4.98. The van der Waals surface area contributed by atoms with Crippen LogP contribution in [0.15, 0.2) is 29.4 Å². The second-order valence-corrected chi connectivity index (χ2v) is 5.76. The van der Waals surface area contributed by atoms with E-state index in [1.807, 2.05) is 6.33 Å². The fourth-order valence-electron chi connectivity index (χ4n) is 2.75. The van der Waals surface area contributed by atoms with Crippen LogP contribution >= 0.6 is 11.3 Å². The van der Waals surface area contributed by atoms with Crippen molar-refractivity contribution in [1.29, 1.82) is 0 Å². The van der Waals surface area contributed by atoms with Gasteiger partial charge >= 0.3 is 0 Å². The van der Waals surface area contributed by atoms with Crippen LogP contribution in [-0.2, 0) is 0 Å². The highest BCUT2D eigenvalue weighted by Crippen LogP contribution is 2.29. The van der Waals surface area contributed by atoms with Crippen molar-refractivity contribution in [2.24, 2.45) is 0 Å². The molecular weight excluding hydrogens is 242 g/mol. The number of nitrogens with zero attached hydrogens (tertiary/aromatic N) is 2. The van der Waals surface area contributed by atoms with Gasteiger partial charge in [-0.1, -0.05) is 0 Å². The number of piperidine rings is 1. The fraction of sp³-hybridized carbons (Fsp3) is 0.500. The summed E-state index contributed by atoms with van der Waals surface area (Å²) in [5.41, 5.74) is 2.78. The molecule has 1 saturated heterocycles. The summed E-state index contributed by atoms with van der Waals surface area (Å²) in [5, 5.41) is 7.80. The van der Waals surface area contributed by atoms with Crippen molar-refractivity contribution >= 4 is 11.3 Å². The molecule has 0 radical (unpaired) electrons. The molecule has 0 saturated carbocycles. The van der Waals surface area contributed by atoms with Crippen LogP contribution in [0.5, 0.6) is 0 Å². The molecule has 2 aromatic rings. The van der Waals surface area contributed by atoms with E-state index < -0.39 is 0 Å². The number of aromatic nitrogens is 2. The lowest BCUT2D eigenvalue weighted by Gasteiger charge is -2.25. The highest BCUT2D eigenvalue weighted by Gasteiger charge is 2.21. The number of rotatable bonds is 3. The minimum Gasteiger partial charge on any atom is -0.327 e. The zero-order chi connectivity index (χ0) is 12.4. The molecule has 3 rings (SSSR count). The molecule has 0 spiro atoms. The Kier molecular flexibility index (Phi) is 3.48. The summed E-state index contributed by atoms with van der Waals surface area (Å²) >= 11 is 1.76. The molecule has 3 heterocycles. The molecular formula is C14H19N3S. The third-order valence-corrected chi connectivity index (χ3v) is 4.60. The highest BCUT2D eigenvalue weighted by molar-refractivity contribution is 7.07. The second kappa shape index (κ2) is 5.24. The van der Waals surface area contributed by atoms with E-state index in [2.05, 4.69) is 44.8 Å². The van der Waals surface area contributed by atoms with E-state index in [-0.39, 0.29) is 0 Å². The van der Waals surface area contributed by atoms with E-state index >= 15 is 0 Å². The van der Waals surface area contributed by atoms with Gasteiger partial charge in [0.25, 0.3) is 0 Å². The molecule has 1 atom stereocenters. The quantitative estimate of drug-likeness (QED) is 0.920. The van der Waals surface area contributed by atoms with Crippen LogP contribution < -0.4 is 5.32 Å². The Morgan fingerprint density at radius 2 is 2.28 bits per heavy atom. The first-order chi connectivity index (χ1) is 8.86. The van der Waals surface area contributed by atoms with Crippen molar-refractivity contribution in [2.75, 3.05) is 13.1 Å². The lowest BCUT2D eigenvalue weighted by Crippen LogP contribution is -2.28. The van der Waals surface area contributed by atoms with Gasteiger partial charge in [0.05, 0.1) is 12.4 Å². The lowest BCUT2D eigenvalue weighted by molar-refractivity contribution is 0.433. The van der Waals surface area contributed by atoms with Gasteiger partial charge in [-0.25, -0.2) is 4.98 Å². The van der Waals surface area contributed by atoms with Crippen molar-refractivity contribution < 1.29 is 0 Å². The summed E-state index contributed by atoms with van der Waals surface area (Å²) < 4.78 is 2.35. The average molecular weight is 261 g/mol. The SMILES string of the molecule is CC(c1ccsc1)n1cncc1C1CCNCC1. The Bertz CT molecular complexity index is 483. The monoisotopic (exact) mass is 261 g/mol. The van der Waals surface area contributed by atoms with Crippen molar-refractivity contribution in [3.8, 4) is 0 Å². The van der Waals surface area contributed by atoms with E-state index in [1.54, 1.807) is 11.3 Å². The molecule has 18 heavy (non-hydrogen) atoms. The predicted molar refractivity (Wildman–Crippen MR) is 75.2 cm³/mol. The van der Waals surface area contributed by atoms with Crippen molar-refractivity contribution in [2.45, 2.75) is 31.7 Å². The number of imidazole rings is 1. The van der Waals surface area contributed by atoms with Crippen molar-refractivity contribution in [3.63, 3.8) is 0 Å². The zero-order valence-electron chi connectivity index (χ0n) is 10.7. The molecule has 0 amide bonds. The first-order valence-corrected chi connectivity index (χ1v) is 7.55. The lowest BCUT2D eigenvalue weighted by atomic mass is 9.94. The van der Waals surface area contributed by atoms with Crippen molar-refractivity contribution in [1.82, 2.24) is 14.9 Å². The maximum Gasteiger partial charge on any atom is 0.0953 e. The maximum absolute atomic E-state index is 4.37. The number of nitrogens with one attached hydrogen (secondary N) is 1. The van der Waals surface area contributed by atoms with Gasteiger partial charge in [-0.3, -0.25) is 0 Å². The van der Waals surface area contributed by atoms with Crippen LogP contribution in [0.4, 0.5) is 0 Å². The van der Waals surface area contributed by atoms with E-state index in [0.717, 1.165) is 13.1 Å². The molecule has 1 fully saturated rings. The van der Waals surface area contributed by atoms with Gasteiger partial charge in [0.15, 0.2) is 0 Å². The third-order valence-electron chi connectivity index (χ3n) is 3.90. The smallest absolute Gasteiger partial charge is 0.0953 e. The Hall–Kier alpha value is -1.13. The molecule has 0 aromatic carbocycles. The van der Waals surface area contributed by atoms with Crippen LogP contribution in [0.25, 0.3) is 0 Å². The highest BCUT2D eigenvalue weighted by atomic mass is 32.1. The summed E-state index contributed by atoms with van der Waals surface area (Å²) in [4.78, 5) is 4.37. The van der Waals surface area contributed by atoms with Crippen LogP contribution in [0.2, 0.25) is 0 Å². The molecule has 1 N–H and O–H groups in total. The predicted octanol–water partition coefficient (Wildman–Crippen LogP) is 3.02. The topological polar surface area (TPSA) is 29.9 Å². The summed E-state index contributed by atoms with van der Waals surface area (Å²) in [7, 11) is 0. The molecule has 96 valence electrons. The average Bonchev–Trinajstić information content (AvgIpc) is 3.10. The Morgan fingerprint density at radius 1 is 1.44 bits per heavy atom. The molecule has 1 aliphatic heterocycles. The minimum absolute atomic E-state index is 0.392. The normalized spacial score (nSPS) is 18.9. The van der Waals surface area contributed by atoms with E-state index in [0.29, 0.717) is 12.0 Å². The zero-order valence-corrected chi connectivity index (χ0v) is 11.5. The summed E-state index contributed by atoms with van der Waals surface area (Å²) in [6.45, 7) is 4.51. The largest absolute Gasteiger partial charge is 0.327 e.